The van der Waals surface area contributed by atoms with E-state index in [1.54, 1.807) is 0 Å². The summed E-state index contributed by atoms with van der Waals surface area (Å²) in [5.74, 6) is 0. The van der Waals surface area contributed by atoms with Crippen LogP contribution in [-0.2, 0) is 6.16 Å². The molecule has 0 aliphatic rings. The van der Waals surface area contributed by atoms with Crippen LogP contribution in [0.15, 0.2) is 78.9 Å². The topological polar surface area (TPSA) is 0 Å². The minimum atomic E-state index is -0.253. The lowest BCUT2D eigenvalue weighted by Crippen LogP contribution is -1.76. The van der Waals surface area contributed by atoms with Gasteiger partial charge in [0.1, 0.15) is 0 Å². The Morgan fingerprint density at radius 1 is 0.550 bits per heavy atom. The normalized spacial score (nSPS) is 11.2. The monoisotopic (exact) mass is 274 g/mol. The van der Waals surface area contributed by atoms with Crippen molar-refractivity contribution in [2.24, 2.45) is 0 Å². The maximum absolute atomic E-state index is 2.31. The zero-order valence-electron chi connectivity index (χ0n) is 11.2. The van der Waals surface area contributed by atoms with Crippen LogP contribution in [-0.4, -0.2) is 0 Å². The van der Waals surface area contributed by atoms with Gasteiger partial charge in [-0.2, -0.15) is 0 Å². The summed E-state index contributed by atoms with van der Waals surface area (Å²) in [4.78, 5) is 0. The Labute approximate surface area is 119 Å². The lowest BCUT2D eigenvalue weighted by atomic mass is 10.2. The van der Waals surface area contributed by atoms with E-state index < -0.39 is 0 Å². The first-order valence-corrected chi connectivity index (χ1v) is 8.46. The summed E-state index contributed by atoms with van der Waals surface area (Å²) >= 11 is 0. The zero-order valence-corrected chi connectivity index (χ0v) is 12.1. The van der Waals surface area contributed by atoms with Crippen LogP contribution in [0.25, 0.3) is 21.0 Å². The van der Waals surface area contributed by atoms with E-state index in [9.17, 15) is 0 Å². The van der Waals surface area contributed by atoms with Crippen LogP contribution in [0.4, 0.5) is 0 Å². The Kier molecular flexibility index (Phi) is 2.83. The van der Waals surface area contributed by atoms with Gasteiger partial charge in [-0.05, 0) is 16.3 Å². The van der Waals surface area contributed by atoms with Gasteiger partial charge in [0.25, 0.3) is 0 Å². The Morgan fingerprint density at radius 3 is 1.65 bits per heavy atom. The molecule has 96 valence electrons. The van der Waals surface area contributed by atoms with Crippen LogP contribution in [0.1, 0.15) is 5.56 Å². The molecular weight excluding hydrogens is 259 g/mol. The fourth-order valence-electron chi connectivity index (χ4n) is 2.94. The number of hydrogen-bond donors (Lipinski definition) is 0. The molecule has 0 radical (unpaired) electrons. The summed E-state index contributed by atoms with van der Waals surface area (Å²) < 4.78 is 0. The van der Waals surface area contributed by atoms with Crippen LogP contribution in [0.5, 0.6) is 0 Å². The minimum Gasteiger partial charge on any atom is -0.104 e. The van der Waals surface area contributed by atoms with Gasteiger partial charge in [0, 0.05) is 16.4 Å². The third-order valence-electron chi connectivity index (χ3n) is 3.86. The second-order valence-corrected chi connectivity index (χ2v) is 7.24. The average Bonchev–Trinajstić information content (AvgIpc) is 2.84. The quantitative estimate of drug-likeness (QED) is 0.419. The molecule has 0 spiro atoms. The smallest absolute Gasteiger partial charge is 0.0122 e. The van der Waals surface area contributed by atoms with Crippen LogP contribution < -0.4 is 0 Å². The molecular formula is C19H15P. The van der Waals surface area contributed by atoms with Gasteiger partial charge in [-0.25, -0.2) is 0 Å². The van der Waals surface area contributed by atoms with E-state index in [4.69, 9.17) is 0 Å². The summed E-state index contributed by atoms with van der Waals surface area (Å²) in [5.41, 5.74) is 1.44. The number of hydrogen-bond acceptors (Lipinski definition) is 0. The second kappa shape index (κ2) is 4.81. The summed E-state index contributed by atoms with van der Waals surface area (Å²) in [6, 6.07) is 28.6. The maximum atomic E-state index is 2.31. The highest BCUT2D eigenvalue weighted by Crippen LogP contribution is 2.50. The van der Waals surface area contributed by atoms with Crippen molar-refractivity contribution >= 4 is 28.5 Å². The molecule has 0 saturated carbocycles. The highest BCUT2D eigenvalue weighted by molar-refractivity contribution is 7.60. The largest absolute Gasteiger partial charge is 0.104 e. The first kappa shape index (κ1) is 11.8. The van der Waals surface area contributed by atoms with Crippen LogP contribution in [0.2, 0.25) is 0 Å². The molecule has 0 fully saturated rings. The van der Waals surface area contributed by atoms with Gasteiger partial charge in [0.15, 0.2) is 0 Å². The third kappa shape index (κ3) is 1.85. The van der Waals surface area contributed by atoms with Gasteiger partial charge in [-0.3, -0.25) is 0 Å². The van der Waals surface area contributed by atoms with Crippen molar-refractivity contribution in [3.05, 3.63) is 84.4 Å². The van der Waals surface area contributed by atoms with Crippen molar-refractivity contribution in [3.63, 3.8) is 0 Å². The summed E-state index contributed by atoms with van der Waals surface area (Å²) in [7, 11) is -0.253. The summed E-state index contributed by atoms with van der Waals surface area (Å²) in [6.45, 7) is 0. The predicted octanol–water partition coefficient (Wildman–Crippen LogP) is 6.03. The predicted molar refractivity (Wildman–Crippen MR) is 89.7 cm³/mol. The van der Waals surface area contributed by atoms with Crippen molar-refractivity contribution in [1.82, 2.24) is 0 Å². The molecule has 0 bridgehead atoms. The van der Waals surface area contributed by atoms with Crippen molar-refractivity contribution in [1.29, 1.82) is 0 Å². The second-order valence-electron chi connectivity index (χ2n) is 5.11. The fourth-order valence-corrected chi connectivity index (χ4v) is 5.62. The van der Waals surface area contributed by atoms with E-state index in [2.05, 4.69) is 78.9 Å². The number of fused-ring (bicyclic) bond motifs is 3. The molecule has 0 unspecified atom stereocenters. The van der Waals surface area contributed by atoms with Crippen molar-refractivity contribution in [3.8, 4) is 0 Å². The molecule has 0 nitrogen and oxygen atoms in total. The average molecular weight is 274 g/mol. The fraction of sp³-hybridized carbons (Fsp3) is 0.0526. The lowest BCUT2D eigenvalue weighted by molar-refractivity contribution is 1.41. The van der Waals surface area contributed by atoms with E-state index in [1.807, 2.05) is 0 Å². The number of benzene rings is 3. The van der Waals surface area contributed by atoms with Gasteiger partial charge in [0.05, 0.1) is 0 Å². The number of rotatable bonds is 2. The molecule has 0 aliphatic carbocycles. The van der Waals surface area contributed by atoms with E-state index in [-0.39, 0.29) is 7.53 Å². The molecule has 0 N–H and O–H groups in total. The van der Waals surface area contributed by atoms with Gasteiger partial charge in [-0.1, -0.05) is 78.9 Å². The third-order valence-corrected chi connectivity index (χ3v) is 6.49. The molecule has 3 aromatic carbocycles. The highest BCUT2D eigenvalue weighted by Gasteiger charge is 2.10. The first-order chi connectivity index (χ1) is 9.93. The van der Waals surface area contributed by atoms with Gasteiger partial charge >= 0.3 is 0 Å². The molecule has 1 heterocycles. The Bertz CT molecular complexity index is 819. The first-order valence-electron chi connectivity index (χ1n) is 6.93. The minimum absolute atomic E-state index is 0.253. The Hall–Kier alpha value is -2.04. The van der Waals surface area contributed by atoms with Crippen molar-refractivity contribution in [2.75, 3.05) is 0 Å². The van der Waals surface area contributed by atoms with E-state index in [0.29, 0.717) is 0 Å². The van der Waals surface area contributed by atoms with Crippen LogP contribution in [0, 0.1) is 0 Å². The van der Waals surface area contributed by atoms with Crippen LogP contribution >= 0.6 is 7.53 Å². The highest BCUT2D eigenvalue weighted by atomic mass is 31.1. The molecule has 0 amide bonds. The molecule has 0 saturated heterocycles. The summed E-state index contributed by atoms with van der Waals surface area (Å²) in [6.07, 6.45) is 1.14. The van der Waals surface area contributed by atoms with Crippen molar-refractivity contribution < 1.29 is 0 Å². The molecule has 0 atom stereocenters. The van der Waals surface area contributed by atoms with Crippen LogP contribution in [0.3, 0.4) is 0 Å². The van der Waals surface area contributed by atoms with Crippen molar-refractivity contribution in [2.45, 2.75) is 6.16 Å². The van der Waals surface area contributed by atoms with Gasteiger partial charge < -0.3 is 0 Å². The molecule has 1 aromatic heterocycles. The van der Waals surface area contributed by atoms with E-state index in [1.165, 1.54) is 26.6 Å². The molecule has 0 aliphatic heterocycles. The summed E-state index contributed by atoms with van der Waals surface area (Å²) in [5, 5.41) is 5.94. The molecule has 4 aromatic rings. The zero-order chi connectivity index (χ0) is 13.4. The SMILES string of the molecule is c1ccc(Cp2c3ccccc3c3ccccc32)cc1. The van der Waals surface area contributed by atoms with E-state index >= 15 is 0 Å². The standard InChI is InChI=1S/C19H15P/c1-2-8-15(9-3-1)14-20-18-12-6-4-10-16(18)17-11-5-7-13-19(17)20/h1-13H,14H2. The maximum Gasteiger partial charge on any atom is 0.0122 e. The molecule has 20 heavy (non-hydrogen) atoms. The molecule has 1 heteroatoms. The molecule has 4 rings (SSSR count). The van der Waals surface area contributed by atoms with Gasteiger partial charge in [0.2, 0.25) is 0 Å². The Balaban J connectivity index is 2.00. The van der Waals surface area contributed by atoms with E-state index in [0.717, 1.165) is 6.16 Å². The van der Waals surface area contributed by atoms with Gasteiger partial charge in [-0.15, -0.1) is 7.53 Å². The Morgan fingerprint density at radius 2 is 1.05 bits per heavy atom. The lowest BCUT2D eigenvalue weighted by Gasteiger charge is -2.03.